The molecule has 76 valence electrons. The highest BCUT2D eigenvalue weighted by molar-refractivity contribution is 14.1. The molecule has 0 atom stereocenters. The van der Waals surface area contributed by atoms with E-state index in [1.54, 1.807) is 18.6 Å². The molecule has 0 fully saturated rings. The fraction of sp³-hybridized carbons (Fsp3) is 0.100. The van der Waals surface area contributed by atoms with Crippen LogP contribution in [0.5, 0.6) is 0 Å². The summed E-state index contributed by atoms with van der Waals surface area (Å²) in [5.74, 6) is 0.561. The van der Waals surface area contributed by atoms with Gasteiger partial charge in [0, 0.05) is 24.2 Å². The van der Waals surface area contributed by atoms with Crippen LogP contribution in [0.2, 0.25) is 0 Å². The first kappa shape index (κ1) is 10.3. The van der Waals surface area contributed by atoms with Crippen molar-refractivity contribution in [1.82, 2.24) is 15.0 Å². The number of halogens is 1. The highest BCUT2D eigenvalue weighted by Gasteiger charge is 2.05. The molecule has 0 aromatic carbocycles. The van der Waals surface area contributed by atoms with Gasteiger partial charge in [-0.2, -0.15) is 0 Å². The Morgan fingerprint density at radius 3 is 2.87 bits per heavy atom. The Morgan fingerprint density at radius 2 is 2.20 bits per heavy atom. The summed E-state index contributed by atoms with van der Waals surface area (Å²) in [7, 11) is 0. The average molecular weight is 313 g/mol. The molecule has 0 bridgehead atoms. The molecule has 0 aliphatic rings. The van der Waals surface area contributed by atoms with Crippen molar-refractivity contribution in [3.63, 3.8) is 0 Å². The van der Waals surface area contributed by atoms with Gasteiger partial charge in [0.05, 0.1) is 3.57 Å². The highest BCUT2D eigenvalue weighted by atomic mass is 127. The lowest BCUT2D eigenvalue weighted by molar-refractivity contribution is 1.09. The summed E-state index contributed by atoms with van der Waals surface area (Å²) in [6.07, 6.45) is 4.96. The Morgan fingerprint density at radius 1 is 1.40 bits per heavy atom. The topological polar surface area (TPSA) is 58.6 Å². The van der Waals surface area contributed by atoms with Crippen LogP contribution in [-0.2, 0) is 0 Å². The van der Waals surface area contributed by atoms with E-state index in [-0.39, 0.29) is 5.56 Å². The van der Waals surface area contributed by atoms with Gasteiger partial charge in [0.15, 0.2) is 0 Å². The molecule has 0 saturated heterocycles. The Kier molecular flexibility index (Phi) is 2.81. The standard InChI is InChI=1S/C10H8IN3O/c1-6-2-3-12-4-7(6)9-13-5-8(11)10(15)14-9/h2-5H,1H3,(H,13,14,15). The average Bonchev–Trinajstić information content (AvgIpc) is 2.23. The Balaban J connectivity index is 2.60. The summed E-state index contributed by atoms with van der Waals surface area (Å²) in [4.78, 5) is 22.3. The van der Waals surface area contributed by atoms with Crippen LogP contribution in [0.1, 0.15) is 5.56 Å². The SMILES string of the molecule is Cc1ccncc1-c1ncc(I)c(=O)[nH]1. The number of nitrogens with one attached hydrogen (secondary N) is 1. The van der Waals surface area contributed by atoms with Gasteiger partial charge in [-0.05, 0) is 41.1 Å². The number of aryl methyl sites for hydroxylation is 1. The van der Waals surface area contributed by atoms with E-state index < -0.39 is 0 Å². The minimum atomic E-state index is -0.121. The molecule has 2 heterocycles. The van der Waals surface area contributed by atoms with Crippen molar-refractivity contribution >= 4 is 22.6 Å². The van der Waals surface area contributed by atoms with E-state index in [4.69, 9.17) is 0 Å². The molecule has 0 amide bonds. The molecule has 2 aromatic heterocycles. The predicted octanol–water partition coefficient (Wildman–Crippen LogP) is 1.74. The molecule has 0 saturated carbocycles. The van der Waals surface area contributed by atoms with Gasteiger partial charge in [-0.1, -0.05) is 0 Å². The third-order valence-electron chi connectivity index (χ3n) is 2.05. The molecule has 4 nitrogen and oxygen atoms in total. The minimum absolute atomic E-state index is 0.121. The summed E-state index contributed by atoms with van der Waals surface area (Å²) in [5.41, 5.74) is 1.77. The number of H-pyrrole nitrogens is 1. The van der Waals surface area contributed by atoms with Crippen LogP contribution in [0.15, 0.2) is 29.5 Å². The monoisotopic (exact) mass is 313 g/mol. The van der Waals surface area contributed by atoms with Crippen LogP contribution < -0.4 is 5.56 Å². The second-order valence-electron chi connectivity index (χ2n) is 3.10. The lowest BCUT2D eigenvalue weighted by atomic mass is 10.1. The summed E-state index contributed by atoms with van der Waals surface area (Å²) in [6.45, 7) is 1.95. The molecule has 0 aliphatic heterocycles. The summed E-state index contributed by atoms with van der Waals surface area (Å²) < 4.78 is 0.581. The number of aromatic amines is 1. The van der Waals surface area contributed by atoms with Crippen LogP contribution in [-0.4, -0.2) is 15.0 Å². The van der Waals surface area contributed by atoms with Gasteiger partial charge < -0.3 is 4.98 Å². The maximum atomic E-state index is 11.4. The van der Waals surface area contributed by atoms with Crippen molar-refractivity contribution in [2.75, 3.05) is 0 Å². The number of aromatic nitrogens is 3. The van der Waals surface area contributed by atoms with Gasteiger partial charge >= 0.3 is 0 Å². The van der Waals surface area contributed by atoms with Gasteiger partial charge in [0.2, 0.25) is 0 Å². The molecule has 1 N–H and O–H groups in total. The first-order valence-electron chi connectivity index (χ1n) is 4.34. The van der Waals surface area contributed by atoms with E-state index >= 15 is 0 Å². The van der Waals surface area contributed by atoms with E-state index in [0.29, 0.717) is 9.39 Å². The smallest absolute Gasteiger partial charge is 0.264 e. The molecule has 2 aromatic rings. The number of hydrogen-bond donors (Lipinski definition) is 1. The third kappa shape index (κ3) is 2.06. The molecule has 0 unspecified atom stereocenters. The molecule has 15 heavy (non-hydrogen) atoms. The summed E-state index contributed by atoms with van der Waals surface area (Å²) in [5, 5.41) is 0. The fourth-order valence-corrected chi connectivity index (χ4v) is 1.50. The largest absolute Gasteiger partial charge is 0.306 e. The van der Waals surface area contributed by atoms with Crippen LogP contribution in [0.25, 0.3) is 11.4 Å². The molecule has 0 aliphatic carbocycles. The van der Waals surface area contributed by atoms with Crippen molar-refractivity contribution in [1.29, 1.82) is 0 Å². The van der Waals surface area contributed by atoms with Gasteiger partial charge in [-0.15, -0.1) is 0 Å². The van der Waals surface area contributed by atoms with Crippen LogP contribution >= 0.6 is 22.6 Å². The van der Waals surface area contributed by atoms with E-state index in [1.165, 1.54) is 0 Å². The van der Waals surface area contributed by atoms with Crippen molar-refractivity contribution in [2.45, 2.75) is 6.92 Å². The molecule has 0 spiro atoms. The summed E-state index contributed by atoms with van der Waals surface area (Å²) >= 11 is 1.95. The summed E-state index contributed by atoms with van der Waals surface area (Å²) in [6, 6.07) is 1.88. The number of hydrogen-bond acceptors (Lipinski definition) is 3. The molecular weight excluding hydrogens is 305 g/mol. The highest BCUT2D eigenvalue weighted by Crippen LogP contribution is 2.16. The van der Waals surface area contributed by atoms with Crippen LogP contribution in [0, 0.1) is 10.5 Å². The van der Waals surface area contributed by atoms with Crippen molar-refractivity contribution < 1.29 is 0 Å². The van der Waals surface area contributed by atoms with E-state index in [1.807, 2.05) is 35.6 Å². The predicted molar refractivity (Wildman–Crippen MR) is 65.5 cm³/mol. The van der Waals surface area contributed by atoms with Gasteiger partial charge in [-0.3, -0.25) is 9.78 Å². The first-order valence-corrected chi connectivity index (χ1v) is 5.42. The third-order valence-corrected chi connectivity index (χ3v) is 2.82. The van der Waals surface area contributed by atoms with E-state index in [9.17, 15) is 4.79 Å². The Bertz CT molecular complexity index is 550. The molecular formula is C10H8IN3O. The normalized spacial score (nSPS) is 10.3. The second kappa shape index (κ2) is 4.09. The maximum Gasteiger partial charge on any atom is 0.264 e. The van der Waals surface area contributed by atoms with Crippen LogP contribution in [0.4, 0.5) is 0 Å². The zero-order valence-corrected chi connectivity index (χ0v) is 10.1. The van der Waals surface area contributed by atoms with E-state index in [2.05, 4.69) is 15.0 Å². The molecule has 2 rings (SSSR count). The Labute approximate surface area is 99.9 Å². The van der Waals surface area contributed by atoms with Crippen molar-refractivity contribution in [3.8, 4) is 11.4 Å². The number of nitrogens with zero attached hydrogens (tertiary/aromatic N) is 2. The molecule has 5 heteroatoms. The maximum absolute atomic E-state index is 11.4. The first-order chi connectivity index (χ1) is 7.18. The zero-order chi connectivity index (χ0) is 10.8. The number of rotatable bonds is 1. The number of pyridine rings is 1. The lowest BCUT2D eigenvalue weighted by Crippen LogP contribution is -2.11. The Hall–Kier alpha value is -1.24. The second-order valence-corrected chi connectivity index (χ2v) is 4.26. The van der Waals surface area contributed by atoms with Crippen molar-refractivity contribution in [2.24, 2.45) is 0 Å². The lowest BCUT2D eigenvalue weighted by Gasteiger charge is -2.03. The zero-order valence-electron chi connectivity index (χ0n) is 7.99. The quantitative estimate of drug-likeness (QED) is 0.816. The van der Waals surface area contributed by atoms with E-state index in [0.717, 1.165) is 11.1 Å². The molecule has 0 radical (unpaired) electrons. The van der Waals surface area contributed by atoms with Crippen LogP contribution in [0.3, 0.4) is 0 Å². The van der Waals surface area contributed by atoms with Gasteiger partial charge in [-0.25, -0.2) is 4.98 Å². The van der Waals surface area contributed by atoms with Gasteiger partial charge in [0.25, 0.3) is 5.56 Å². The fourth-order valence-electron chi connectivity index (χ4n) is 1.23. The van der Waals surface area contributed by atoms with Gasteiger partial charge in [0.1, 0.15) is 5.82 Å². The van der Waals surface area contributed by atoms with Crippen molar-refractivity contribution in [3.05, 3.63) is 44.1 Å². The minimum Gasteiger partial charge on any atom is -0.306 e.